The highest BCUT2D eigenvalue weighted by Gasteiger charge is 2.07. The van der Waals surface area contributed by atoms with Crippen molar-refractivity contribution in [3.05, 3.63) is 29.8 Å². The van der Waals surface area contributed by atoms with E-state index in [2.05, 4.69) is 57.3 Å². The van der Waals surface area contributed by atoms with E-state index >= 15 is 0 Å². The molecular weight excluding hydrogens is 250 g/mol. The van der Waals surface area contributed by atoms with Crippen molar-refractivity contribution in [2.45, 2.75) is 57.9 Å². The topological polar surface area (TPSA) is 12.0 Å². The van der Waals surface area contributed by atoms with Crippen molar-refractivity contribution in [3.8, 4) is 0 Å². The van der Waals surface area contributed by atoms with Crippen LogP contribution in [-0.2, 0) is 0 Å². The predicted molar refractivity (Wildman–Crippen MR) is 87.9 cm³/mol. The Morgan fingerprint density at radius 1 is 1.16 bits per heavy atom. The van der Waals surface area contributed by atoms with Crippen molar-refractivity contribution in [2.75, 3.05) is 12.3 Å². The zero-order valence-corrected chi connectivity index (χ0v) is 13.7. The fourth-order valence-corrected chi connectivity index (χ4v) is 3.38. The van der Waals surface area contributed by atoms with Gasteiger partial charge in [-0.2, -0.15) is 0 Å². The molecule has 2 heteroatoms. The third-order valence-electron chi connectivity index (χ3n) is 3.70. The van der Waals surface area contributed by atoms with Crippen molar-refractivity contribution in [1.29, 1.82) is 0 Å². The first-order valence-corrected chi connectivity index (χ1v) is 8.65. The first-order chi connectivity index (χ1) is 9.21. The molecule has 0 bridgehead atoms. The minimum absolute atomic E-state index is 0.452. The first-order valence-electron chi connectivity index (χ1n) is 7.67. The molecule has 0 aliphatic rings. The minimum atomic E-state index is 0.452. The van der Waals surface area contributed by atoms with Gasteiger partial charge in [-0.15, -0.1) is 11.8 Å². The lowest BCUT2D eigenvalue weighted by Gasteiger charge is -2.15. The lowest BCUT2D eigenvalue weighted by molar-refractivity contribution is 0.553. The Morgan fingerprint density at radius 2 is 1.89 bits per heavy atom. The largest absolute Gasteiger partial charge is 0.310 e. The molecule has 108 valence electrons. The van der Waals surface area contributed by atoms with Crippen molar-refractivity contribution in [3.63, 3.8) is 0 Å². The summed E-state index contributed by atoms with van der Waals surface area (Å²) in [6.07, 6.45) is 3.77. The third-order valence-corrected chi connectivity index (χ3v) is 4.92. The van der Waals surface area contributed by atoms with Crippen LogP contribution in [-0.4, -0.2) is 12.3 Å². The summed E-state index contributed by atoms with van der Waals surface area (Å²) < 4.78 is 0. The van der Waals surface area contributed by atoms with Crippen LogP contribution in [0.1, 0.15) is 58.6 Å². The summed E-state index contributed by atoms with van der Waals surface area (Å²) in [5.41, 5.74) is 1.41. The van der Waals surface area contributed by atoms with E-state index in [0.29, 0.717) is 6.04 Å². The molecule has 1 atom stereocenters. The van der Waals surface area contributed by atoms with Crippen molar-refractivity contribution < 1.29 is 0 Å². The number of nitrogens with one attached hydrogen (secondary N) is 1. The second kappa shape index (κ2) is 9.44. The Morgan fingerprint density at radius 3 is 2.53 bits per heavy atom. The van der Waals surface area contributed by atoms with Gasteiger partial charge in [0.05, 0.1) is 0 Å². The zero-order chi connectivity index (χ0) is 14.1. The second-order valence-corrected chi connectivity index (χ2v) is 6.34. The maximum absolute atomic E-state index is 3.55. The van der Waals surface area contributed by atoms with Crippen molar-refractivity contribution >= 4 is 11.8 Å². The molecule has 0 saturated carbocycles. The number of hydrogen-bond donors (Lipinski definition) is 1. The molecule has 19 heavy (non-hydrogen) atoms. The Hall–Kier alpha value is -0.470. The average Bonchev–Trinajstić information content (AvgIpc) is 2.46. The normalized spacial score (nSPS) is 12.9. The molecule has 1 N–H and O–H groups in total. The molecule has 1 nitrogen and oxygen atoms in total. The highest BCUT2D eigenvalue weighted by Crippen LogP contribution is 2.26. The molecule has 0 amide bonds. The summed E-state index contributed by atoms with van der Waals surface area (Å²) >= 11 is 2.01. The van der Waals surface area contributed by atoms with Gasteiger partial charge in [0.2, 0.25) is 0 Å². The van der Waals surface area contributed by atoms with E-state index in [4.69, 9.17) is 0 Å². The van der Waals surface area contributed by atoms with Crippen LogP contribution in [0, 0.1) is 5.92 Å². The summed E-state index contributed by atoms with van der Waals surface area (Å²) in [6.45, 7) is 10.1. The van der Waals surface area contributed by atoms with Crippen LogP contribution in [0.4, 0.5) is 0 Å². The molecule has 0 spiro atoms. The summed E-state index contributed by atoms with van der Waals surface area (Å²) in [7, 11) is 0. The molecule has 1 aromatic carbocycles. The van der Waals surface area contributed by atoms with Crippen LogP contribution >= 0.6 is 11.8 Å². The van der Waals surface area contributed by atoms with Gasteiger partial charge in [-0.05, 0) is 43.5 Å². The third kappa shape index (κ3) is 6.01. The second-order valence-electron chi connectivity index (χ2n) is 5.24. The molecular formula is C17H29NS. The van der Waals surface area contributed by atoms with Gasteiger partial charge in [0.25, 0.3) is 0 Å². The Bertz CT molecular complexity index is 347. The van der Waals surface area contributed by atoms with Crippen LogP contribution in [0.3, 0.4) is 0 Å². The summed E-state index contributed by atoms with van der Waals surface area (Å²) in [5, 5.41) is 3.55. The number of thioether (sulfide) groups is 1. The van der Waals surface area contributed by atoms with E-state index in [1.165, 1.54) is 35.5 Å². The Kier molecular flexibility index (Phi) is 8.24. The van der Waals surface area contributed by atoms with Crippen LogP contribution in [0.15, 0.2) is 29.2 Å². The Balaban J connectivity index is 2.56. The number of hydrogen-bond acceptors (Lipinski definition) is 2. The number of rotatable bonds is 9. The van der Waals surface area contributed by atoms with Gasteiger partial charge in [0.1, 0.15) is 0 Å². The highest BCUT2D eigenvalue weighted by atomic mass is 32.2. The van der Waals surface area contributed by atoms with Gasteiger partial charge >= 0.3 is 0 Å². The maximum Gasteiger partial charge on any atom is 0.0292 e. The van der Waals surface area contributed by atoms with E-state index in [1.807, 2.05) is 11.8 Å². The number of benzene rings is 1. The van der Waals surface area contributed by atoms with E-state index in [1.54, 1.807) is 0 Å². The standard InChI is InChI=1S/C17H29NS/c1-5-11-18-14(4)16-9-8-10-17(12-16)19-13-15(6-2)7-3/h8-10,12,14-15,18H,5-7,11,13H2,1-4H3. The van der Waals surface area contributed by atoms with E-state index < -0.39 is 0 Å². The smallest absolute Gasteiger partial charge is 0.0292 e. The average molecular weight is 279 g/mol. The zero-order valence-electron chi connectivity index (χ0n) is 12.9. The molecule has 0 aromatic heterocycles. The summed E-state index contributed by atoms with van der Waals surface area (Å²) in [5.74, 6) is 2.09. The van der Waals surface area contributed by atoms with E-state index in [9.17, 15) is 0 Å². The van der Waals surface area contributed by atoms with Gasteiger partial charge in [-0.1, -0.05) is 45.7 Å². The van der Waals surface area contributed by atoms with Crippen LogP contribution in [0.25, 0.3) is 0 Å². The maximum atomic E-state index is 3.55. The van der Waals surface area contributed by atoms with Crippen molar-refractivity contribution in [2.24, 2.45) is 5.92 Å². The first kappa shape index (κ1) is 16.6. The predicted octanol–water partition coefficient (Wildman–Crippen LogP) is 5.28. The van der Waals surface area contributed by atoms with Crippen LogP contribution in [0.5, 0.6) is 0 Å². The molecule has 0 heterocycles. The summed E-state index contributed by atoms with van der Waals surface area (Å²) in [4.78, 5) is 1.41. The van der Waals surface area contributed by atoms with Gasteiger partial charge < -0.3 is 5.32 Å². The SMILES string of the molecule is CCCNC(C)c1cccc(SCC(CC)CC)c1. The Labute approximate surface area is 123 Å². The van der Waals surface area contributed by atoms with Crippen LogP contribution < -0.4 is 5.32 Å². The monoisotopic (exact) mass is 279 g/mol. The molecule has 0 aliphatic heterocycles. The fraction of sp³-hybridized carbons (Fsp3) is 0.647. The summed E-state index contributed by atoms with van der Waals surface area (Å²) in [6, 6.07) is 9.46. The van der Waals surface area contributed by atoms with Crippen molar-refractivity contribution in [1.82, 2.24) is 5.32 Å². The molecule has 0 radical (unpaired) electrons. The highest BCUT2D eigenvalue weighted by molar-refractivity contribution is 7.99. The molecule has 0 saturated heterocycles. The molecule has 0 aliphatic carbocycles. The molecule has 0 fully saturated rings. The van der Waals surface area contributed by atoms with Gasteiger partial charge in [0.15, 0.2) is 0 Å². The lowest BCUT2D eigenvalue weighted by atomic mass is 10.1. The fourth-order valence-electron chi connectivity index (χ4n) is 2.09. The lowest BCUT2D eigenvalue weighted by Crippen LogP contribution is -2.19. The minimum Gasteiger partial charge on any atom is -0.310 e. The molecule has 1 aromatic rings. The molecule has 1 rings (SSSR count). The van der Waals surface area contributed by atoms with Gasteiger partial charge in [-0.25, -0.2) is 0 Å². The van der Waals surface area contributed by atoms with E-state index in [-0.39, 0.29) is 0 Å². The van der Waals surface area contributed by atoms with Crippen LogP contribution in [0.2, 0.25) is 0 Å². The van der Waals surface area contributed by atoms with Gasteiger partial charge in [-0.3, -0.25) is 0 Å². The molecule has 1 unspecified atom stereocenters. The quantitative estimate of drug-likeness (QED) is 0.618. The van der Waals surface area contributed by atoms with E-state index in [0.717, 1.165) is 12.5 Å². The van der Waals surface area contributed by atoms with Gasteiger partial charge in [0, 0.05) is 16.7 Å².